The molecule has 4 aromatic carbocycles. The second kappa shape index (κ2) is 12.1. The van der Waals surface area contributed by atoms with Gasteiger partial charge >= 0.3 is 0 Å². The van der Waals surface area contributed by atoms with Crippen LogP contribution in [0.2, 0.25) is 5.02 Å². The van der Waals surface area contributed by atoms with Crippen molar-refractivity contribution < 1.29 is 14.3 Å². The summed E-state index contributed by atoms with van der Waals surface area (Å²) in [6, 6.07) is 29.6. The van der Waals surface area contributed by atoms with E-state index in [2.05, 4.69) is 6.07 Å². The van der Waals surface area contributed by atoms with Crippen LogP contribution in [-0.2, 0) is 6.54 Å². The number of aromatic nitrogens is 1. The van der Waals surface area contributed by atoms with E-state index in [1.165, 1.54) is 0 Å². The van der Waals surface area contributed by atoms with E-state index in [-0.39, 0.29) is 5.78 Å². The van der Waals surface area contributed by atoms with E-state index in [1.54, 1.807) is 60.7 Å². The summed E-state index contributed by atoms with van der Waals surface area (Å²) in [4.78, 5) is 13.7. The van der Waals surface area contributed by atoms with Crippen LogP contribution in [0.25, 0.3) is 10.9 Å². The fraction of sp³-hybridized carbons (Fsp3) is 0.125. The molecule has 5 rings (SSSR count). The maximum absolute atomic E-state index is 13.7. The summed E-state index contributed by atoms with van der Waals surface area (Å²) >= 11 is 11.7. The van der Waals surface area contributed by atoms with Gasteiger partial charge in [0.1, 0.15) is 17.2 Å². The minimum atomic E-state index is -0.102. The molecule has 0 spiro atoms. The van der Waals surface area contributed by atoms with Crippen molar-refractivity contribution in [3.8, 4) is 23.3 Å². The highest BCUT2D eigenvalue weighted by atomic mass is 35.5. The van der Waals surface area contributed by atoms with Gasteiger partial charge in [-0.25, -0.2) is 0 Å². The molecular weight excluding hydrogens is 531 g/mol. The van der Waals surface area contributed by atoms with Crippen molar-refractivity contribution in [1.82, 2.24) is 4.57 Å². The van der Waals surface area contributed by atoms with Gasteiger partial charge in [-0.15, -0.1) is 11.6 Å². The van der Waals surface area contributed by atoms with Gasteiger partial charge in [-0.1, -0.05) is 23.7 Å². The van der Waals surface area contributed by atoms with Crippen LogP contribution in [0.15, 0.2) is 97.2 Å². The first-order chi connectivity index (χ1) is 19.0. The fourth-order valence-electron chi connectivity index (χ4n) is 4.27. The summed E-state index contributed by atoms with van der Waals surface area (Å²) < 4.78 is 13.8. The van der Waals surface area contributed by atoms with E-state index in [1.807, 2.05) is 41.1 Å². The van der Waals surface area contributed by atoms with Gasteiger partial charge in [-0.05, 0) is 90.8 Å². The first-order valence-corrected chi connectivity index (χ1v) is 13.3. The number of benzene rings is 4. The molecule has 0 aliphatic rings. The molecule has 0 bridgehead atoms. The Morgan fingerprint density at radius 1 is 0.872 bits per heavy atom. The van der Waals surface area contributed by atoms with Gasteiger partial charge in [0.2, 0.25) is 0 Å². The highest BCUT2D eigenvalue weighted by molar-refractivity contribution is 6.30. The maximum atomic E-state index is 13.7. The molecule has 0 N–H and O–H groups in total. The molecule has 5 aromatic rings. The quantitative estimate of drug-likeness (QED) is 0.0989. The van der Waals surface area contributed by atoms with Crippen LogP contribution in [0.5, 0.6) is 17.2 Å². The van der Waals surface area contributed by atoms with Gasteiger partial charge in [0.25, 0.3) is 0 Å². The molecule has 0 unspecified atom stereocenters. The molecule has 0 amide bonds. The van der Waals surface area contributed by atoms with Crippen molar-refractivity contribution in [2.75, 3.05) is 12.5 Å². The zero-order valence-corrected chi connectivity index (χ0v) is 22.5. The van der Waals surface area contributed by atoms with Crippen molar-refractivity contribution in [2.24, 2.45) is 0 Å². The van der Waals surface area contributed by atoms with Crippen molar-refractivity contribution >= 4 is 39.9 Å². The molecule has 0 saturated heterocycles. The smallest absolute Gasteiger partial charge is 0.195 e. The molecule has 5 nitrogen and oxygen atoms in total. The SMILES string of the molecule is N#Cc1ccc(Cn2cc(C(=O)c3ccc(OCCCCl)cc3)c3cc(Oc4ccc(Cl)cc4)ccc32)cc1. The summed E-state index contributed by atoms with van der Waals surface area (Å²) in [7, 11) is 0. The zero-order valence-electron chi connectivity index (χ0n) is 20.9. The summed E-state index contributed by atoms with van der Waals surface area (Å²) in [5.41, 5.74) is 3.64. The number of carbonyl (C=O) groups is 1. The second-order valence-electron chi connectivity index (χ2n) is 8.96. The third kappa shape index (κ3) is 6.26. The number of rotatable bonds is 10. The van der Waals surface area contributed by atoms with Crippen molar-refractivity contribution in [2.45, 2.75) is 13.0 Å². The molecule has 0 radical (unpaired) electrons. The number of carbonyl (C=O) groups excluding carboxylic acids is 1. The Morgan fingerprint density at radius 2 is 1.56 bits per heavy atom. The van der Waals surface area contributed by atoms with Gasteiger partial charge < -0.3 is 14.0 Å². The lowest BCUT2D eigenvalue weighted by Crippen LogP contribution is -2.02. The molecule has 39 heavy (non-hydrogen) atoms. The van der Waals surface area contributed by atoms with Crippen molar-refractivity contribution in [1.29, 1.82) is 5.26 Å². The van der Waals surface area contributed by atoms with Crippen LogP contribution >= 0.6 is 23.2 Å². The third-order valence-electron chi connectivity index (χ3n) is 6.25. The Morgan fingerprint density at radius 3 is 2.26 bits per heavy atom. The van der Waals surface area contributed by atoms with Crippen LogP contribution in [0.4, 0.5) is 0 Å². The molecule has 1 aromatic heterocycles. The summed E-state index contributed by atoms with van der Waals surface area (Å²) in [5.74, 6) is 2.38. The van der Waals surface area contributed by atoms with Crippen LogP contribution in [-0.4, -0.2) is 22.8 Å². The van der Waals surface area contributed by atoms with Gasteiger partial charge in [-0.2, -0.15) is 5.26 Å². The zero-order chi connectivity index (χ0) is 27.2. The van der Waals surface area contributed by atoms with E-state index in [9.17, 15) is 4.79 Å². The van der Waals surface area contributed by atoms with E-state index >= 15 is 0 Å². The number of hydrogen-bond acceptors (Lipinski definition) is 4. The number of alkyl halides is 1. The Balaban J connectivity index is 1.50. The predicted molar refractivity (Wildman–Crippen MR) is 154 cm³/mol. The van der Waals surface area contributed by atoms with Gasteiger partial charge in [0.15, 0.2) is 5.78 Å². The van der Waals surface area contributed by atoms with Crippen LogP contribution in [0.1, 0.15) is 33.5 Å². The number of ketones is 1. The van der Waals surface area contributed by atoms with Crippen LogP contribution in [0.3, 0.4) is 0 Å². The number of hydrogen-bond donors (Lipinski definition) is 0. The standard InChI is InChI=1S/C32H24Cl2N2O3/c33-16-1-17-38-26-10-6-24(7-11-26)32(37)30-21-36(20-23-4-2-22(19-35)3-5-23)31-15-14-28(18-29(30)31)39-27-12-8-25(34)9-13-27/h2-15,18,21H,1,16-17,20H2. The molecular formula is C32H24Cl2N2O3. The van der Waals surface area contributed by atoms with Gasteiger partial charge in [-0.3, -0.25) is 4.79 Å². The average molecular weight is 555 g/mol. The third-order valence-corrected chi connectivity index (χ3v) is 6.76. The summed E-state index contributed by atoms with van der Waals surface area (Å²) in [6.45, 7) is 1.07. The highest BCUT2D eigenvalue weighted by Crippen LogP contribution is 2.31. The maximum Gasteiger partial charge on any atom is 0.195 e. The lowest BCUT2D eigenvalue weighted by atomic mass is 10.0. The van der Waals surface area contributed by atoms with Gasteiger partial charge in [0, 0.05) is 45.7 Å². The molecule has 194 valence electrons. The topological polar surface area (TPSA) is 64.2 Å². The van der Waals surface area contributed by atoms with Crippen LogP contribution < -0.4 is 9.47 Å². The van der Waals surface area contributed by atoms with E-state index < -0.39 is 0 Å². The first-order valence-electron chi connectivity index (χ1n) is 12.4. The molecule has 0 saturated carbocycles. The minimum absolute atomic E-state index is 0.102. The number of nitriles is 1. The number of fused-ring (bicyclic) bond motifs is 1. The first kappa shape index (κ1) is 26.4. The lowest BCUT2D eigenvalue weighted by Gasteiger charge is -2.08. The Labute approximate surface area is 236 Å². The molecule has 0 aliphatic heterocycles. The molecule has 1 heterocycles. The molecule has 7 heteroatoms. The normalized spacial score (nSPS) is 10.8. The highest BCUT2D eigenvalue weighted by Gasteiger charge is 2.18. The largest absolute Gasteiger partial charge is 0.494 e. The van der Waals surface area contributed by atoms with E-state index in [0.717, 1.165) is 22.9 Å². The second-order valence-corrected chi connectivity index (χ2v) is 9.77. The Kier molecular flexibility index (Phi) is 8.17. The number of halogens is 2. The Hall–Kier alpha value is -4.24. The van der Waals surface area contributed by atoms with Crippen molar-refractivity contribution in [3.63, 3.8) is 0 Å². The van der Waals surface area contributed by atoms with Crippen molar-refractivity contribution in [3.05, 3.63) is 124 Å². The minimum Gasteiger partial charge on any atom is -0.494 e. The van der Waals surface area contributed by atoms with E-state index in [4.69, 9.17) is 37.9 Å². The van der Waals surface area contributed by atoms with Gasteiger partial charge in [0.05, 0.1) is 18.2 Å². The molecule has 0 aliphatic carbocycles. The Bertz CT molecular complexity index is 1640. The predicted octanol–water partition coefficient (Wildman–Crippen LogP) is 8.25. The monoisotopic (exact) mass is 554 g/mol. The average Bonchev–Trinajstić information content (AvgIpc) is 3.32. The molecule has 0 fully saturated rings. The number of ether oxygens (including phenoxy) is 2. The molecule has 0 atom stereocenters. The summed E-state index contributed by atoms with van der Waals surface area (Å²) in [6.07, 6.45) is 2.63. The fourth-order valence-corrected chi connectivity index (χ4v) is 4.51. The van der Waals surface area contributed by atoms with E-state index in [0.29, 0.717) is 58.0 Å². The van der Waals surface area contributed by atoms with Crippen LogP contribution in [0, 0.1) is 11.3 Å². The summed E-state index contributed by atoms with van der Waals surface area (Å²) in [5, 5.41) is 10.5. The number of nitrogens with zero attached hydrogens (tertiary/aromatic N) is 2. The lowest BCUT2D eigenvalue weighted by molar-refractivity contribution is 0.104.